The number of benzene rings is 1. The highest BCUT2D eigenvalue weighted by Crippen LogP contribution is 2.20. The molecule has 2 rings (SSSR count). The Hall–Kier alpha value is -1.86. The van der Waals surface area contributed by atoms with Gasteiger partial charge in [0.05, 0.1) is 18.8 Å². The summed E-state index contributed by atoms with van der Waals surface area (Å²) >= 11 is 0. The summed E-state index contributed by atoms with van der Waals surface area (Å²) in [6, 6.07) is 6.98. The minimum absolute atomic E-state index is 0.152. The smallest absolute Gasteiger partial charge is 0.194 e. The summed E-state index contributed by atoms with van der Waals surface area (Å²) in [4.78, 5) is 11.3. The van der Waals surface area contributed by atoms with Crippen LogP contribution in [0.3, 0.4) is 0 Å². The summed E-state index contributed by atoms with van der Waals surface area (Å²) in [6.07, 6.45) is 0. The number of likely N-dealkylation sites (N-methyl/N-ethyl adjacent to an activating group) is 1. The molecule has 0 saturated carbocycles. The highest BCUT2D eigenvalue weighted by molar-refractivity contribution is 5.80. The number of halogens is 1. The third-order valence-electron chi connectivity index (χ3n) is 4.53. The average molecular weight is 365 g/mol. The number of anilines is 1. The monoisotopic (exact) mass is 365 g/mol. The van der Waals surface area contributed by atoms with Gasteiger partial charge >= 0.3 is 0 Å². The Kier molecular flexibility index (Phi) is 8.64. The quantitative estimate of drug-likeness (QED) is 0.559. The zero-order valence-corrected chi connectivity index (χ0v) is 16.2. The van der Waals surface area contributed by atoms with Gasteiger partial charge in [-0.25, -0.2) is 4.39 Å². The van der Waals surface area contributed by atoms with Crippen LogP contribution in [-0.2, 0) is 4.74 Å². The lowest BCUT2D eigenvalue weighted by atomic mass is 10.2. The lowest BCUT2D eigenvalue weighted by Crippen LogP contribution is -2.52. The maximum absolute atomic E-state index is 14.0. The molecule has 0 aliphatic carbocycles. The number of nitrogens with zero attached hydrogens (tertiary/aromatic N) is 4. The van der Waals surface area contributed by atoms with Crippen LogP contribution in [0.4, 0.5) is 10.1 Å². The Labute approximate surface area is 156 Å². The van der Waals surface area contributed by atoms with Gasteiger partial charge in [0, 0.05) is 52.9 Å². The molecular weight excluding hydrogens is 333 g/mol. The normalized spacial score (nSPS) is 15.7. The van der Waals surface area contributed by atoms with Gasteiger partial charge in [-0.2, -0.15) is 0 Å². The van der Waals surface area contributed by atoms with Crippen molar-refractivity contribution >= 4 is 11.6 Å². The van der Waals surface area contributed by atoms with Gasteiger partial charge in [-0.3, -0.25) is 4.99 Å². The molecule has 1 aromatic carbocycles. The molecule has 0 unspecified atom stereocenters. The number of nitrogens with one attached hydrogen (secondary N) is 1. The van der Waals surface area contributed by atoms with Gasteiger partial charge in [0.2, 0.25) is 0 Å². The fourth-order valence-corrected chi connectivity index (χ4v) is 2.98. The van der Waals surface area contributed by atoms with Crippen LogP contribution in [0.2, 0.25) is 0 Å². The van der Waals surface area contributed by atoms with Crippen molar-refractivity contribution in [2.45, 2.75) is 6.92 Å². The fourth-order valence-electron chi connectivity index (χ4n) is 2.98. The second-order valence-electron chi connectivity index (χ2n) is 6.46. The average Bonchev–Trinajstić information content (AvgIpc) is 2.66. The van der Waals surface area contributed by atoms with E-state index in [1.807, 2.05) is 12.1 Å². The van der Waals surface area contributed by atoms with Crippen molar-refractivity contribution in [2.75, 3.05) is 78.0 Å². The summed E-state index contributed by atoms with van der Waals surface area (Å²) in [5.74, 6) is 0.793. The van der Waals surface area contributed by atoms with E-state index in [4.69, 9.17) is 9.73 Å². The Bertz CT molecular complexity index is 561. The van der Waals surface area contributed by atoms with Crippen LogP contribution >= 0.6 is 0 Å². The molecule has 0 atom stereocenters. The number of hydrogen-bond acceptors (Lipinski definition) is 4. The maximum Gasteiger partial charge on any atom is 0.194 e. The molecule has 0 aromatic heterocycles. The van der Waals surface area contributed by atoms with Gasteiger partial charge < -0.3 is 24.8 Å². The van der Waals surface area contributed by atoms with E-state index in [-0.39, 0.29) is 5.82 Å². The van der Waals surface area contributed by atoms with Crippen LogP contribution in [0.15, 0.2) is 29.3 Å². The van der Waals surface area contributed by atoms with Crippen LogP contribution in [0.5, 0.6) is 0 Å². The van der Waals surface area contributed by atoms with Crippen molar-refractivity contribution in [2.24, 2.45) is 4.99 Å². The van der Waals surface area contributed by atoms with Gasteiger partial charge in [0.25, 0.3) is 0 Å². The summed E-state index contributed by atoms with van der Waals surface area (Å²) in [5, 5.41) is 3.38. The van der Waals surface area contributed by atoms with Crippen molar-refractivity contribution in [3.8, 4) is 0 Å². The molecule has 6 nitrogen and oxygen atoms in total. The number of piperazine rings is 1. The van der Waals surface area contributed by atoms with Gasteiger partial charge in [0.15, 0.2) is 5.96 Å². The first-order valence-corrected chi connectivity index (χ1v) is 9.36. The highest BCUT2D eigenvalue weighted by Gasteiger charge is 2.21. The Morgan fingerprint density at radius 2 is 1.96 bits per heavy atom. The molecule has 146 valence electrons. The first kappa shape index (κ1) is 20.5. The van der Waals surface area contributed by atoms with Crippen LogP contribution in [0.1, 0.15) is 6.92 Å². The van der Waals surface area contributed by atoms with Crippen molar-refractivity contribution in [1.29, 1.82) is 0 Å². The summed E-state index contributed by atoms with van der Waals surface area (Å²) < 4.78 is 19.1. The topological polar surface area (TPSA) is 43.3 Å². The van der Waals surface area contributed by atoms with E-state index in [2.05, 4.69) is 34.0 Å². The molecule has 0 radical (unpaired) electrons. The molecule has 0 bridgehead atoms. The Morgan fingerprint density at radius 3 is 2.62 bits per heavy atom. The number of guanidine groups is 1. The van der Waals surface area contributed by atoms with E-state index >= 15 is 0 Å². The highest BCUT2D eigenvalue weighted by atomic mass is 19.1. The molecule has 1 saturated heterocycles. The van der Waals surface area contributed by atoms with Crippen molar-refractivity contribution < 1.29 is 9.13 Å². The lowest BCUT2D eigenvalue weighted by Gasteiger charge is -2.37. The minimum Gasteiger partial charge on any atom is -0.383 e. The van der Waals surface area contributed by atoms with E-state index in [0.717, 1.165) is 64.9 Å². The number of methoxy groups -OCH3 is 1. The molecule has 0 amide bonds. The Balaban J connectivity index is 1.87. The zero-order chi connectivity index (χ0) is 18.8. The third kappa shape index (κ3) is 6.14. The molecule has 1 fully saturated rings. The second kappa shape index (κ2) is 11.0. The van der Waals surface area contributed by atoms with Crippen molar-refractivity contribution in [1.82, 2.24) is 15.1 Å². The van der Waals surface area contributed by atoms with Gasteiger partial charge in [-0.15, -0.1) is 0 Å². The van der Waals surface area contributed by atoms with Gasteiger partial charge in [0.1, 0.15) is 5.82 Å². The largest absolute Gasteiger partial charge is 0.383 e. The summed E-state index contributed by atoms with van der Waals surface area (Å²) in [5.41, 5.74) is 0.689. The standard InChI is InChI=1S/C19H32FN5O/c1-4-21-19(22-9-10-23(2)15-16-26-3)25-13-11-24(12-14-25)18-8-6-5-7-17(18)20/h5-8H,4,9-16H2,1-3H3,(H,21,22). The minimum atomic E-state index is -0.152. The predicted molar refractivity (Wildman–Crippen MR) is 106 cm³/mol. The summed E-state index contributed by atoms with van der Waals surface area (Å²) in [7, 11) is 3.80. The number of hydrogen-bond donors (Lipinski definition) is 1. The van der Waals surface area contributed by atoms with E-state index in [1.54, 1.807) is 13.2 Å². The zero-order valence-electron chi connectivity index (χ0n) is 16.2. The summed E-state index contributed by atoms with van der Waals surface area (Å²) in [6.45, 7) is 9.45. The molecule has 1 aromatic rings. The van der Waals surface area contributed by atoms with E-state index in [9.17, 15) is 4.39 Å². The predicted octanol–water partition coefficient (Wildman–Crippen LogP) is 1.49. The lowest BCUT2D eigenvalue weighted by molar-refractivity contribution is 0.163. The first-order chi connectivity index (χ1) is 12.7. The molecule has 1 aliphatic rings. The van der Waals surface area contributed by atoms with Crippen LogP contribution < -0.4 is 10.2 Å². The molecule has 1 aliphatic heterocycles. The van der Waals surface area contributed by atoms with Crippen molar-refractivity contribution in [3.05, 3.63) is 30.1 Å². The van der Waals surface area contributed by atoms with Gasteiger partial charge in [-0.05, 0) is 26.1 Å². The molecule has 7 heteroatoms. The van der Waals surface area contributed by atoms with Crippen molar-refractivity contribution in [3.63, 3.8) is 0 Å². The fraction of sp³-hybridized carbons (Fsp3) is 0.632. The van der Waals surface area contributed by atoms with Gasteiger partial charge in [-0.1, -0.05) is 12.1 Å². The molecule has 0 spiro atoms. The first-order valence-electron chi connectivity index (χ1n) is 9.36. The molecule has 1 N–H and O–H groups in total. The van der Waals surface area contributed by atoms with Crippen LogP contribution in [0.25, 0.3) is 0 Å². The molecule has 1 heterocycles. The maximum atomic E-state index is 14.0. The van der Waals surface area contributed by atoms with E-state index < -0.39 is 0 Å². The molecular formula is C19H32FN5O. The number of rotatable bonds is 8. The Morgan fingerprint density at radius 1 is 1.23 bits per heavy atom. The SMILES string of the molecule is CCNC(=NCCN(C)CCOC)N1CCN(c2ccccc2F)CC1. The van der Waals surface area contributed by atoms with Crippen LogP contribution in [-0.4, -0.2) is 88.9 Å². The number of ether oxygens (including phenoxy) is 1. The third-order valence-corrected chi connectivity index (χ3v) is 4.53. The second-order valence-corrected chi connectivity index (χ2v) is 6.46. The number of para-hydroxylation sites is 1. The number of aliphatic imine (C=N–C) groups is 1. The van der Waals surface area contributed by atoms with Crippen LogP contribution in [0, 0.1) is 5.82 Å². The van der Waals surface area contributed by atoms with E-state index in [1.165, 1.54) is 6.07 Å². The molecule has 26 heavy (non-hydrogen) atoms. The van der Waals surface area contributed by atoms with E-state index in [0.29, 0.717) is 5.69 Å².